The number of ether oxygens (including phenoxy) is 1. The molecule has 140 valence electrons. The van der Waals surface area contributed by atoms with E-state index < -0.39 is 11.5 Å². The van der Waals surface area contributed by atoms with Crippen molar-refractivity contribution < 1.29 is 9.53 Å². The van der Waals surface area contributed by atoms with Gasteiger partial charge in [-0.3, -0.25) is 4.79 Å². The molecule has 0 spiro atoms. The molecule has 27 heavy (non-hydrogen) atoms. The number of carbonyl (C=O) groups excluding carboxylic acids is 1. The number of thioether (sulfide) groups is 1. The summed E-state index contributed by atoms with van der Waals surface area (Å²) in [5.41, 5.74) is 0.434. The predicted molar refractivity (Wildman–Crippen MR) is 108 cm³/mol. The van der Waals surface area contributed by atoms with E-state index >= 15 is 0 Å². The summed E-state index contributed by atoms with van der Waals surface area (Å²) in [5.74, 6) is -0.661. The first kappa shape index (κ1) is 19.9. The predicted octanol–water partition coefficient (Wildman–Crippen LogP) is 4.84. The van der Waals surface area contributed by atoms with Gasteiger partial charge in [-0.2, -0.15) is 0 Å². The van der Waals surface area contributed by atoms with Crippen LogP contribution in [0.25, 0.3) is 22.3 Å². The van der Waals surface area contributed by atoms with Crippen molar-refractivity contribution in [3.05, 3.63) is 49.2 Å². The van der Waals surface area contributed by atoms with Crippen molar-refractivity contribution in [1.29, 1.82) is 0 Å². The topological polar surface area (TPSA) is 84.9 Å². The summed E-state index contributed by atoms with van der Waals surface area (Å²) in [6.07, 6.45) is 1.76. The fraction of sp³-hybridized carbons (Fsp3) is 0.176. The summed E-state index contributed by atoms with van der Waals surface area (Å²) < 4.78 is 5.08. The molecular weight excluding hydrogens is 433 g/mol. The van der Waals surface area contributed by atoms with Crippen molar-refractivity contribution in [2.24, 2.45) is 0 Å². The molecule has 10 heteroatoms. The fourth-order valence-corrected chi connectivity index (χ4v) is 3.45. The van der Waals surface area contributed by atoms with Gasteiger partial charge >= 0.3 is 5.97 Å². The number of H-pyrrole nitrogens is 1. The minimum Gasteiger partial charge on any atom is -0.462 e. The van der Waals surface area contributed by atoms with Gasteiger partial charge in [0.2, 0.25) is 0 Å². The Hall–Kier alpha value is -1.80. The number of esters is 1. The highest BCUT2D eigenvalue weighted by Gasteiger charge is 2.21. The van der Waals surface area contributed by atoms with Crippen LogP contribution in [-0.4, -0.2) is 33.8 Å². The van der Waals surface area contributed by atoms with E-state index in [1.54, 1.807) is 25.3 Å². The molecule has 0 aliphatic carbocycles. The average Bonchev–Trinajstić information content (AvgIpc) is 2.65. The number of pyridine rings is 1. The third-order valence-corrected chi connectivity index (χ3v) is 5.53. The Labute approximate surface area is 173 Å². The Morgan fingerprint density at radius 1 is 1.22 bits per heavy atom. The highest BCUT2D eigenvalue weighted by atomic mass is 35.5. The molecule has 0 radical (unpaired) electrons. The normalized spacial score (nSPS) is 11.0. The van der Waals surface area contributed by atoms with E-state index in [0.717, 1.165) is 0 Å². The molecule has 6 nitrogen and oxygen atoms in total. The van der Waals surface area contributed by atoms with Gasteiger partial charge in [-0.25, -0.2) is 14.8 Å². The largest absolute Gasteiger partial charge is 0.462 e. The monoisotopic (exact) mass is 443 g/mol. The molecular formula is C17H12Cl3N3O3S. The molecule has 2 heterocycles. The molecule has 0 fully saturated rings. The number of fused-ring (bicyclic) bond motifs is 1. The molecule has 0 aliphatic rings. The number of rotatable bonds is 4. The summed E-state index contributed by atoms with van der Waals surface area (Å²) in [6, 6.07) is 4.63. The van der Waals surface area contributed by atoms with Crippen molar-refractivity contribution in [2.45, 2.75) is 12.1 Å². The molecule has 2 aromatic heterocycles. The van der Waals surface area contributed by atoms with Gasteiger partial charge in [0.1, 0.15) is 0 Å². The van der Waals surface area contributed by atoms with Gasteiger partial charge in [-0.15, -0.1) is 0 Å². The van der Waals surface area contributed by atoms with Crippen molar-refractivity contribution in [1.82, 2.24) is 15.0 Å². The van der Waals surface area contributed by atoms with Crippen molar-refractivity contribution >= 4 is 63.6 Å². The van der Waals surface area contributed by atoms with Crippen LogP contribution in [0.5, 0.6) is 0 Å². The molecule has 0 bridgehead atoms. The number of aromatic amines is 1. The third-order valence-electron chi connectivity index (χ3n) is 3.66. The van der Waals surface area contributed by atoms with E-state index in [9.17, 15) is 9.59 Å². The lowest BCUT2D eigenvalue weighted by Crippen LogP contribution is -2.16. The second kappa shape index (κ2) is 8.06. The molecule has 1 aromatic carbocycles. The zero-order valence-corrected chi connectivity index (χ0v) is 17.2. The highest BCUT2D eigenvalue weighted by Crippen LogP contribution is 2.38. The summed E-state index contributed by atoms with van der Waals surface area (Å²) in [5, 5.41) is 1.05. The van der Waals surface area contributed by atoms with Crippen molar-refractivity contribution in [2.75, 3.05) is 12.9 Å². The minimum atomic E-state index is -0.661. The lowest BCUT2D eigenvalue weighted by molar-refractivity contribution is 0.0528. The molecule has 3 rings (SSSR count). The van der Waals surface area contributed by atoms with Crippen molar-refractivity contribution in [3.63, 3.8) is 0 Å². The number of carbonyl (C=O) groups is 1. The maximum atomic E-state index is 12.5. The SMILES string of the molecule is CCOC(=O)c1cc(-c2ccc(Cl)c(Cl)c2Cl)nc2nc(SC)[nH]c(=O)c12. The van der Waals surface area contributed by atoms with Gasteiger partial charge < -0.3 is 9.72 Å². The maximum Gasteiger partial charge on any atom is 0.339 e. The second-order valence-corrected chi connectivity index (χ2v) is 7.23. The Balaban J connectivity index is 2.37. The Morgan fingerprint density at radius 3 is 2.63 bits per heavy atom. The minimum absolute atomic E-state index is 0.0420. The van der Waals surface area contributed by atoms with Gasteiger partial charge in [0.05, 0.1) is 38.3 Å². The van der Waals surface area contributed by atoms with Gasteiger partial charge in [0.15, 0.2) is 10.8 Å². The fourth-order valence-electron chi connectivity index (χ4n) is 2.45. The quantitative estimate of drug-likeness (QED) is 0.268. The average molecular weight is 445 g/mol. The molecule has 0 unspecified atom stereocenters. The number of aromatic nitrogens is 3. The smallest absolute Gasteiger partial charge is 0.339 e. The number of nitrogens with zero attached hydrogens (tertiary/aromatic N) is 2. The molecule has 3 aromatic rings. The number of halogens is 3. The van der Waals surface area contributed by atoms with Gasteiger partial charge in [-0.05, 0) is 31.4 Å². The lowest BCUT2D eigenvalue weighted by atomic mass is 10.1. The molecule has 0 amide bonds. The maximum absolute atomic E-state index is 12.5. The Bertz CT molecular complexity index is 1120. The summed E-state index contributed by atoms with van der Waals surface area (Å²) in [7, 11) is 0. The van der Waals surface area contributed by atoms with Crippen molar-refractivity contribution in [3.8, 4) is 11.3 Å². The van der Waals surface area contributed by atoms with Crippen LogP contribution in [0.2, 0.25) is 15.1 Å². The van der Waals surface area contributed by atoms with E-state index in [1.807, 2.05) is 0 Å². The van der Waals surface area contributed by atoms with Crippen LogP contribution >= 0.6 is 46.6 Å². The molecule has 0 aliphatic heterocycles. The third kappa shape index (κ3) is 3.78. The first-order valence-corrected chi connectivity index (χ1v) is 10.0. The highest BCUT2D eigenvalue weighted by molar-refractivity contribution is 7.98. The van der Waals surface area contributed by atoms with E-state index in [1.165, 1.54) is 17.8 Å². The van der Waals surface area contributed by atoms with E-state index in [-0.39, 0.29) is 38.3 Å². The summed E-state index contributed by atoms with van der Waals surface area (Å²) in [4.78, 5) is 36.2. The number of hydrogen-bond acceptors (Lipinski definition) is 6. The number of nitrogens with one attached hydrogen (secondary N) is 1. The van der Waals surface area contributed by atoms with Gasteiger partial charge in [0, 0.05) is 5.56 Å². The zero-order chi connectivity index (χ0) is 19.7. The van der Waals surface area contributed by atoms with Crippen LogP contribution < -0.4 is 5.56 Å². The van der Waals surface area contributed by atoms with Crippen LogP contribution in [0.4, 0.5) is 0 Å². The van der Waals surface area contributed by atoms with Crippen LogP contribution in [0, 0.1) is 0 Å². The van der Waals surface area contributed by atoms with E-state index in [0.29, 0.717) is 16.4 Å². The first-order chi connectivity index (χ1) is 12.9. The molecule has 0 atom stereocenters. The second-order valence-electron chi connectivity index (χ2n) is 5.27. The molecule has 0 saturated carbocycles. The van der Waals surface area contributed by atoms with E-state index in [4.69, 9.17) is 39.5 Å². The standard InChI is InChI=1S/C17H12Cl3N3O3S/c1-3-26-16(25)8-6-10(7-4-5-9(18)13(20)12(7)19)21-14-11(8)15(24)23-17(22-14)27-2/h4-6H,3H2,1-2H3,(H,21,22,23,24). The zero-order valence-electron chi connectivity index (χ0n) is 14.1. The van der Waals surface area contributed by atoms with Crippen LogP contribution in [0.1, 0.15) is 17.3 Å². The van der Waals surface area contributed by atoms with Crippen LogP contribution in [0.3, 0.4) is 0 Å². The number of hydrogen-bond donors (Lipinski definition) is 1. The lowest BCUT2D eigenvalue weighted by Gasteiger charge is -2.11. The number of benzene rings is 1. The first-order valence-electron chi connectivity index (χ1n) is 7.67. The van der Waals surface area contributed by atoms with Gasteiger partial charge in [0.25, 0.3) is 5.56 Å². The Kier molecular flexibility index (Phi) is 5.95. The summed E-state index contributed by atoms with van der Waals surface area (Å²) >= 11 is 19.6. The Morgan fingerprint density at radius 2 is 1.96 bits per heavy atom. The molecule has 0 saturated heterocycles. The molecule has 1 N–H and O–H groups in total. The van der Waals surface area contributed by atoms with E-state index in [2.05, 4.69) is 15.0 Å². The van der Waals surface area contributed by atoms with Crippen LogP contribution in [0.15, 0.2) is 28.2 Å². The van der Waals surface area contributed by atoms with Crippen LogP contribution in [-0.2, 0) is 4.74 Å². The van der Waals surface area contributed by atoms with Gasteiger partial charge in [-0.1, -0.05) is 46.6 Å². The summed E-state index contributed by atoms with van der Waals surface area (Å²) in [6.45, 7) is 1.83.